The summed E-state index contributed by atoms with van der Waals surface area (Å²) in [4.78, 5) is 25.3. The fraction of sp³-hybridized carbons (Fsp3) is 0.400. The van der Waals surface area contributed by atoms with Gasteiger partial charge in [0.15, 0.2) is 6.20 Å². The van der Waals surface area contributed by atoms with Gasteiger partial charge in [-0.05, 0) is 30.4 Å². The largest absolute Gasteiger partial charge is 0.549 e. The number of aromatic amines is 1. The summed E-state index contributed by atoms with van der Waals surface area (Å²) in [6, 6.07) is 7.83. The van der Waals surface area contributed by atoms with Gasteiger partial charge in [0.05, 0.1) is 33.7 Å². The Hall–Kier alpha value is -2.56. The molecular weight excluding hydrogens is 314 g/mol. The fourth-order valence-electron chi connectivity index (χ4n) is 5.22. The molecule has 0 radical (unpaired) electrons. The maximum absolute atomic E-state index is 12.3. The van der Waals surface area contributed by atoms with Crippen molar-refractivity contribution in [2.24, 2.45) is 5.41 Å². The van der Waals surface area contributed by atoms with Gasteiger partial charge in [0.2, 0.25) is 5.52 Å². The average Bonchev–Trinajstić information content (AvgIpc) is 2.89. The van der Waals surface area contributed by atoms with E-state index in [1.54, 1.807) is 0 Å². The first kappa shape index (κ1) is 14.8. The molecule has 5 nitrogen and oxygen atoms in total. The van der Waals surface area contributed by atoms with Gasteiger partial charge < -0.3 is 9.90 Å². The van der Waals surface area contributed by atoms with Gasteiger partial charge in [-0.25, -0.2) is 15.0 Å². The van der Waals surface area contributed by atoms with E-state index in [9.17, 15) is 9.90 Å². The number of nitrogens with zero attached hydrogens (tertiary/aromatic N) is 2. The average molecular weight is 333 g/mol. The van der Waals surface area contributed by atoms with E-state index in [1.807, 2.05) is 44.3 Å². The highest BCUT2D eigenvalue weighted by atomic mass is 16.4. The van der Waals surface area contributed by atoms with Crippen molar-refractivity contribution in [3.05, 3.63) is 41.9 Å². The molecule has 2 aliphatic rings. The van der Waals surface area contributed by atoms with Gasteiger partial charge in [-0.1, -0.05) is 20.8 Å². The van der Waals surface area contributed by atoms with Crippen LogP contribution in [0.3, 0.4) is 0 Å². The van der Waals surface area contributed by atoms with Crippen LogP contribution in [0.5, 0.6) is 0 Å². The number of carboxylic acid groups (broad SMARTS) is 1. The number of fused-ring (bicyclic) bond motifs is 8. The summed E-state index contributed by atoms with van der Waals surface area (Å²) < 4.78 is 0. The van der Waals surface area contributed by atoms with Crippen LogP contribution >= 0.6 is 0 Å². The molecule has 5 rings (SSSR count). The number of nitrogens with one attached hydrogen (secondary N) is 1. The molecule has 2 heterocycles. The van der Waals surface area contributed by atoms with Crippen molar-refractivity contribution in [3.63, 3.8) is 0 Å². The molecule has 2 atom stereocenters. The molecule has 25 heavy (non-hydrogen) atoms. The number of carbonyl (C=O) groups excluding carboxylic acids is 1. The zero-order chi connectivity index (χ0) is 17.6. The second-order valence-corrected chi connectivity index (χ2v) is 8.14. The smallest absolute Gasteiger partial charge is 0.213 e. The summed E-state index contributed by atoms with van der Waals surface area (Å²) in [6.07, 6.45) is 3.23. The van der Waals surface area contributed by atoms with E-state index in [2.05, 4.69) is 11.9 Å². The van der Waals surface area contributed by atoms with E-state index in [1.165, 1.54) is 0 Å². The minimum Gasteiger partial charge on any atom is -0.549 e. The number of carboxylic acids is 1. The predicted octanol–water partition coefficient (Wildman–Crippen LogP) is 1.68. The maximum atomic E-state index is 12.3. The lowest BCUT2D eigenvalue weighted by molar-refractivity contribution is -0.344. The maximum Gasteiger partial charge on any atom is 0.213 e. The van der Waals surface area contributed by atoms with Crippen LogP contribution in [0.2, 0.25) is 0 Å². The lowest BCUT2D eigenvalue weighted by Crippen LogP contribution is -2.52. The Morgan fingerprint density at radius 3 is 2.68 bits per heavy atom. The molecule has 2 unspecified atom stereocenters. The summed E-state index contributed by atoms with van der Waals surface area (Å²) in [6.45, 7) is 6.17. The lowest BCUT2D eigenvalue weighted by Gasteiger charge is -2.41. The number of hydrogen-bond acceptors (Lipinski definition) is 4. The van der Waals surface area contributed by atoms with Gasteiger partial charge in [0.1, 0.15) is 5.52 Å². The normalized spacial score (nSPS) is 29.2. The van der Waals surface area contributed by atoms with Gasteiger partial charge in [-0.3, -0.25) is 0 Å². The van der Waals surface area contributed by atoms with Crippen LogP contribution in [0, 0.1) is 5.41 Å². The summed E-state index contributed by atoms with van der Waals surface area (Å²) >= 11 is 0. The SMILES string of the molecule is CC12CCC(C(=O)[O-])(c3nc4ccc5[nH+]cccc5c4nc31)C2(C)C. The molecule has 1 fully saturated rings. The summed E-state index contributed by atoms with van der Waals surface area (Å²) in [5.41, 5.74) is 2.13. The molecule has 1 N–H and O–H groups in total. The van der Waals surface area contributed by atoms with Crippen LogP contribution in [0.4, 0.5) is 0 Å². The summed E-state index contributed by atoms with van der Waals surface area (Å²) in [7, 11) is 0. The Morgan fingerprint density at radius 1 is 1.12 bits per heavy atom. The van der Waals surface area contributed by atoms with Crippen LogP contribution in [0.15, 0.2) is 30.5 Å². The molecule has 5 heteroatoms. The number of benzene rings is 1. The van der Waals surface area contributed by atoms with Crippen LogP contribution in [0.25, 0.3) is 21.9 Å². The molecule has 0 amide bonds. The predicted molar refractivity (Wildman–Crippen MR) is 90.7 cm³/mol. The Bertz CT molecular complexity index is 1090. The Balaban J connectivity index is 1.95. The number of rotatable bonds is 1. The molecular formula is C20H19N3O2. The van der Waals surface area contributed by atoms with Gasteiger partial charge in [-0.2, -0.15) is 0 Å². The second-order valence-electron chi connectivity index (χ2n) is 8.14. The zero-order valence-corrected chi connectivity index (χ0v) is 14.5. The third-order valence-corrected chi connectivity index (χ3v) is 7.20. The number of pyridine rings is 1. The van der Waals surface area contributed by atoms with Crippen molar-refractivity contribution in [3.8, 4) is 0 Å². The molecule has 0 saturated heterocycles. The van der Waals surface area contributed by atoms with E-state index in [-0.39, 0.29) is 5.41 Å². The Morgan fingerprint density at radius 2 is 1.92 bits per heavy atom. The summed E-state index contributed by atoms with van der Waals surface area (Å²) in [5, 5.41) is 13.3. The molecule has 0 spiro atoms. The molecule has 2 aromatic heterocycles. The molecule has 2 aliphatic carbocycles. The van der Waals surface area contributed by atoms with Crippen LogP contribution < -0.4 is 10.1 Å². The van der Waals surface area contributed by atoms with E-state index in [4.69, 9.17) is 9.97 Å². The minimum absolute atomic E-state index is 0.315. The van der Waals surface area contributed by atoms with E-state index in [0.29, 0.717) is 12.1 Å². The molecule has 126 valence electrons. The Kier molecular flexibility index (Phi) is 2.45. The van der Waals surface area contributed by atoms with Crippen molar-refractivity contribution >= 4 is 27.9 Å². The second kappa shape index (κ2) is 4.15. The van der Waals surface area contributed by atoms with Crippen molar-refractivity contribution in [1.29, 1.82) is 0 Å². The van der Waals surface area contributed by atoms with Gasteiger partial charge in [0.25, 0.3) is 0 Å². The van der Waals surface area contributed by atoms with E-state index < -0.39 is 16.8 Å². The standard InChI is InChI=1S/C20H19N3O2/c1-18(2)19(3)8-9-20(18,17(24)25)16-15(19)23-14-11-5-4-10-21-12(11)6-7-13(14)22-16/h4-7,10H,8-9H2,1-3H3,(H,24,25). The monoisotopic (exact) mass is 333 g/mol. The van der Waals surface area contributed by atoms with Gasteiger partial charge in [0, 0.05) is 17.5 Å². The van der Waals surface area contributed by atoms with Crippen molar-refractivity contribution in [1.82, 2.24) is 9.97 Å². The number of aliphatic carboxylic acids is 1. The molecule has 0 aliphatic heterocycles. The first-order valence-corrected chi connectivity index (χ1v) is 8.66. The molecule has 2 bridgehead atoms. The molecule has 1 aromatic carbocycles. The fourth-order valence-corrected chi connectivity index (χ4v) is 5.22. The lowest BCUT2D eigenvalue weighted by atomic mass is 9.64. The van der Waals surface area contributed by atoms with Crippen molar-refractivity contribution in [2.45, 2.75) is 44.4 Å². The van der Waals surface area contributed by atoms with Gasteiger partial charge in [-0.15, -0.1) is 0 Å². The quantitative estimate of drug-likeness (QED) is 0.635. The third kappa shape index (κ3) is 1.39. The zero-order valence-electron chi connectivity index (χ0n) is 14.5. The number of H-pyrrole nitrogens is 1. The van der Waals surface area contributed by atoms with Crippen LogP contribution in [-0.2, 0) is 15.6 Å². The number of aromatic nitrogens is 3. The van der Waals surface area contributed by atoms with Crippen molar-refractivity contribution in [2.75, 3.05) is 0 Å². The topological polar surface area (TPSA) is 80.0 Å². The minimum atomic E-state index is -1.06. The van der Waals surface area contributed by atoms with Crippen LogP contribution in [-0.4, -0.2) is 15.9 Å². The Labute approximate surface area is 145 Å². The highest BCUT2D eigenvalue weighted by Crippen LogP contribution is 2.69. The first-order chi connectivity index (χ1) is 11.8. The number of carbonyl (C=O) groups is 1. The first-order valence-electron chi connectivity index (χ1n) is 8.66. The van der Waals surface area contributed by atoms with Crippen LogP contribution in [0.1, 0.15) is 45.0 Å². The highest BCUT2D eigenvalue weighted by molar-refractivity contribution is 6.01. The third-order valence-electron chi connectivity index (χ3n) is 7.20. The highest BCUT2D eigenvalue weighted by Gasteiger charge is 2.70. The molecule has 3 aromatic rings. The van der Waals surface area contributed by atoms with E-state index >= 15 is 0 Å². The van der Waals surface area contributed by atoms with E-state index in [0.717, 1.165) is 34.1 Å². The number of hydrogen-bond donors (Lipinski definition) is 0. The van der Waals surface area contributed by atoms with Crippen molar-refractivity contribution < 1.29 is 14.9 Å². The molecule has 1 saturated carbocycles. The van der Waals surface area contributed by atoms with Gasteiger partial charge >= 0.3 is 0 Å². The summed E-state index contributed by atoms with van der Waals surface area (Å²) in [5.74, 6) is -1.03.